The topological polar surface area (TPSA) is 50.6 Å². The fraction of sp³-hybridized carbons (Fsp3) is 0.524. The zero-order valence-corrected chi connectivity index (χ0v) is 16.2. The molecule has 0 N–H and O–H groups in total. The zero-order chi connectivity index (χ0) is 18.8. The van der Waals surface area contributed by atoms with Gasteiger partial charge in [0.25, 0.3) is 0 Å². The van der Waals surface area contributed by atoms with Crippen molar-refractivity contribution in [3.63, 3.8) is 0 Å². The summed E-state index contributed by atoms with van der Waals surface area (Å²) in [4.78, 5) is 22.1. The third-order valence-corrected chi connectivity index (χ3v) is 6.81. The summed E-state index contributed by atoms with van der Waals surface area (Å²) in [5.74, 6) is 1.27. The van der Waals surface area contributed by atoms with Gasteiger partial charge in [0.05, 0.1) is 30.9 Å². The van der Waals surface area contributed by atoms with Crippen LogP contribution < -0.4 is 0 Å². The fourth-order valence-electron chi connectivity index (χ4n) is 5.15. The molecule has 4 heterocycles. The summed E-state index contributed by atoms with van der Waals surface area (Å²) < 4.78 is 8.55. The molecule has 6 nitrogen and oxygen atoms in total. The van der Waals surface area contributed by atoms with Crippen molar-refractivity contribution in [3.8, 4) is 0 Å². The molecule has 6 heteroatoms. The van der Waals surface area contributed by atoms with Crippen molar-refractivity contribution in [1.29, 1.82) is 0 Å². The van der Waals surface area contributed by atoms with Gasteiger partial charge in [0, 0.05) is 32.1 Å². The lowest BCUT2D eigenvalue weighted by atomic mass is 10.0. The number of benzene rings is 1. The highest BCUT2D eigenvalue weighted by atomic mass is 16.5. The summed E-state index contributed by atoms with van der Waals surface area (Å²) in [7, 11) is 2.07. The van der Waals surface area contributed by atoms with E-state index < -0.39 is 5.72 Å². The molecule has 27 heavy (non-hydrogen) atoms. The van der Waals surface area contributed by atoms with Crippen molar-refractivity contribution in [2.75, 3.05) is 13.2 Å². The van der Waals surface area contributed by atoms with Gasteiger partial charge in [0.2, 0.25) is 5.91 Å². The summed E-state index contributed by atoms with van der Waals surface area (Å²) in [5, 5.41) is 0. The van der Waals surface area contributed by atoms with E-state index in [2.05, 4.69) is 42.5 Å². The molecule has 1 amide bonds. The average Bonchev–Trinajstić information content (AvgIpc) is 3.35. The second-order valence-electron chi connectivity index (χ2n) is 8.04. The Kier molecular flexibility index (Phi) is 3.71. The van der Waals surface area contributed by atoms with E-state index >= 15 is 0 Å². The van der Waals surface area contributed by atoms with Crippen LogP contribution in [-0.2, 0) is 23.1 Å². The normalized spacial score (nSPS) is 30.2. The molecule has 142 valence electrons. The first-order valence-corrected chi connectivity index (χ1v) is 9.75. The van der Waals surface area contributed by atoms with Gasteiger partial charge in [-0.1, -0.05) is 30.3 Å². The molecule has 3 fully saturated rings. The number of likely N-dealkylation sites (tertiary alicyclic amines) is 1. The number of rotatable bonds is 3. The monoisotopic (exact) mass is 366 g/mol. The van der Waals surface area contributed by atoms with Crippen LogP contribution in [0.15, 0.2) is 30.3 Å². The second kappa shape index (κ2) is 5.91. The smallest absolute Gasteiger partial charge is 0.227 e. The van der Waals surface area contributed by atoms with Crippen LogP contribution in [0.3, 0.4) is 0 Å². The molecule has 0 unspecified atom stereocenters. The lowest BCUT2D eigenvalue weighted by Gasteiger charge is -2.33. The van der Waals surface area contributed by atoms with Gasteiger partial charge in [-0.3, -0.25) is 9.69 Å². The predicted molar refractivity (Wildman–Crippen MR) is 101 cm³/mol. The van der Waals surface area contributed by atoms with Crippen LogP contribution in [0.4, 0.5) is 0 Å². The van der Waals surface area contributed by atoms with Crippen molar-refractivity contribution >= 4 is 5.91 Å². The lowest BCUT2D eigenvalue weighted by molar-refractivity contribution is -0.138. The number of carbonyl (C=O) groups is 1. The van der Waals surface area contributed by atoms with E-state index in [1.165, 1.54) is 5.69 Å². The minimum absolute atomic E-state index is 0.0290. The number of amides is 1. The van der Waals surface area contributed by atoms with Gasteiger partial charge in [-0.25, -0.2) is 4.98 Å². The minimum Gasteiger partial charge on any atom is -0.351 e. The van der Waals surface area contributed by atoms with Crippen LogP contribution in [0.5, 0.6) is 0 Å². The molecule has 1 aromatic carbocycles. The Morgan fingerprint density at radius 1 is 1.26 bits per heavy atom. The molecule has 2 aromatic rings. The second-order valence-corrected chi connectivity index (χ2v) is 8.04. The minimum atomic E-state index is -0.465. The molecule has 0 saturated carbocycles. The quantitative estimate of drug-likeness (QED) is 0.837. The van der Waals surface area contributed by atoms with Gasteiger partial charge in [0.1, 0.15) is 5.82 Å². The maximum atomic E-state index is 13.0. The Labute approximate surface area is 159 Å². The maximum Gasteiger partial charge on any atom is 0.227 e. The number of aromatic nitrogens is 2. The highest BCUT2D eigenvalue weighted by Gasteiger charge is 2.64. The highest BCUT2D eigenvalue weighted by molar-refractivity contribution is 5.82. The Bertz CT molecular complexity index is 893. The standard InChI is InChI=1S/C21H26N4O2/c1-14-15(2)23(3)19(22-14)12-24-10-9-21-18(24)11-20(26)25(21)17(13-27-21)16-7-5-4-6-8-16/h4-8,17-18H,9-13H2,1-3H3/t17-,18+,21-/m0/s1. The third-order valence-electron chi connectivity index (χ3n) is 6.81. The summed E-state index contributed by atoms with van der Waals surface area (Å²) in [6, 6.07) is 10.4. The van der Waals surface area contributed by atoms with Crippen molar-refractivity contribution in [2.45, 2.75) is 51.0 Å². The molecule has 3 atom stereocenters. The maximum absolute atomic E-state index is 13.0. The van der Waals surface area contributed by atoms with E-state index in [-0.39, 0.29) is 18.0 Å². The van der Waals surface area contributed by atoms with Crippen LogP contribution in [-0.4, -0.2) is 50.2 Å². The molecular weight excluding hydrogens is 340 g/mol. The molecule has 3 aliphatic heterocycles. The number of aryl methyl sites for hydroxylation is 1. The summed E-state index contributed by atoms with van der Waals surface area (Å²) in [6.45, 7) is 6.43. The number of carbonyl (C=O) groups excluding carboxylic acids is 1. The van der Waals surface area contributed by atoms with Gasteiger partial charge in [-0.05, 0) is 19.4 Å². The molecule has 3 saturated heterocycles. The Morgan fingerprint density at radius 3 is 2.74 bits per heavy atom. The van der Waals surface area contributed by atoms with Gasteiger partial charge in [-0.15, -0.1) is 0 Å². The van der Waals surface area contributed by atoms with Crippen LogP contribution >= 0.6 is 0 Å². The number of hydrogen-bond donors (Lipinski definition) is 0. The van der Waals surface area contributed by atoms with Gasteiger partial charge in [0.15, 0.2) is 5.72 Å². The summed E-state index contributed by atoms with van der Waals surface area (Å²) in [6.07, 6.45) is 1.40. The van der Waals surface area contributed by atoms with Crippen molar-refractivity contribution in [1.82, 2.24) is 19.4 Å². The number of ether oxygens (including phenoxy) is 1. The number of imidazole rings is 1. The molecule has 5 rings (SSSR count). The molecule has 1 spiro atoms. The van der Waals surface area contributed by atoms with E-state index in [4.69, 9.17) is 9.72 Å². The highest BCUT2D eigenvalue weighted by Crippen LogP contribution is 2.51. The van der Waals surface area contributed by atoms with Crippen molar-refractivity contribution in [2.24, 2.45) is 7.05 Å². The van der Waals surface area contributed by atoms with Crippen LogP contribution in [0.25, 0.3) is 0 Å². The Morgan fingerprint density at radius 2 is 2.04 bits per heavy atom. The Hall–Kier alpha value is -2.18. The van der Waals surface area contributed by atoms with E-state index in [0.717, 1.165) is 36.6 Å². The number of hydrogen-bond acceptors (Lipinski definition) is 4. The molecular formula is C21H26N4O2. The van der Waals surface area contributed by atoms with E-state index in [9.17, 15) is 4.79 Å². The van der Waals surface area contributed by atoms with Crippen molar-refractivity contribution < 1.29 is 9.53 Å². The van der Waals surface area contributed by atoms with Crippen LogP contribution in [0.1, 0.15) is 41.7 Å². The molecule has 3 aliphatic rings. The number of nitrogens with zero attached hydrogens (tertiary/aromatic N) is 4. The first-order chi connectivity index (χ1) is 13.0. The largest absolute Gasteiger partial charge is 0.351 e. The van der Waals surface area contributed by atoms with E-state index in [1.54, 1.807) is 0 Å². The first kappa shape index (κ1) is 17.0. The molecule has 0 radical (unpaired) electrons. The third kappa shape index (κ3) is 2.33. The molecule has 1 aromatic heterocycles. The van der Waals surface area contributed by atoms with Crippen LogP contribution in [0, 0.1) is 13.8 Å². The van der Waals surface area contributed by atoms with E-state index in [0.29, 0.717) is 13.0 Å². The SMILES string of the molecule is Cc1nc(CN2CC[C@@]34OC[C@@H](c5ccccc5)N3C(=O)C[C@@H]24)n(C)c1C. The van der Waals surface area contributed by atoms with E-state index in [1.807, 2.05) is 23.1 Å². The van der Waals surface area contributed by atoms with Gasteiger partial charge < -0.3 is 14.2 Å². The predicted octanol–water partition coefficient (Wildman–Crippen LogP) is 2.31. The first-order valence-electron chi connectivity index (χ1n) is 9.75. The molecule has 0 bridgehead atoms. The van der Waals surface area contributed by atoms with Gasteiger partial charge in [-0.2, -0.15) is 0 Å². The fourth-order valence-corrected chi connectivity index (χ4v) is 5.15. The summed E-state index contributed by atoms with van der Waals surface area (Å²) >= 11 is 0. The molecule has 0 aliphatic carbocycles. The summed E-state index contributed by atoms with van der Waals surface area (Å²) in [5.41, 5.74) is 2.97. The van der Waals surface area contributed by atoms with Crippen LogP contribution in [0.2, 0.25) is 0 Å². The average molecular weight is 366 g/mol. The Balaban J connectivity index is 1.43. The zero-order valence-electron chi connectivity index (χ0n) is 16.2. The lowest BCUT2D eigenvalue weighted by Crippen LogP contribution is -2.48. The van der Waals surface area contributed by atoms with Gasteiger partial charge >= 0.3 is 0 Å². The van der Waals surface area contributed by atoms with Crippen molar-refractivity contribution in [3.05, 3.63) is 53.1 Å².